The van der Waals surface area contributed by atoms with Crippen molar-refractivity contribution < 1.29 is 19.6 Å². The Bertz CT molecular complexity index is 739. The smallest absolute Gasteiger partial charge is 0.258 e. The molecule has 3 N–H and O–H groups in total. The van der Waals surface area contributed by atoms with Gasteiger partial charge in [0.2, 0.25) is 0 Å². The van der Waals surface area contributed by atoms with Crippen LogP contribution in [0.4, 0.5) is 0 Å². The van der Waals surface area contributed by atoms with Crippen LogP contribution in [0.25, 0.3) is 0 Å². The first-order chi connectivity index (χ1) is 13.4. The maximum Gasteiger partial charge on any atom is 0.258 e. The highest BCUT2D eigenvalue weighted by atomic mass is 16.5. The van der Waals surface area contributed by atoms with Gasteiger partial charge in [-0.1, -0.05) is 30.3 Å². The van der Waals surface area contributed by atoms with E-state index in [-0.39, 0.29) is 18.1 Å². The molecule has 1 amide bonds. The van der Waals surface area contributed by atoms with Crippen molar-refractivity contribution in [2.45, 2.75) is 46.2 Å². The van der Waals surface area contributed by atoms with Crippen LogP contribution in [0.3, 0.4) is 0 Å². The molecule has 0 fully saturated rings. The van der Waals surface area contributed by atoms with Crippen molar-refractivity contribution in [2.24, 2.45) is 0 Å². The summed E-state index contributed by atoms with van der Waals surface area (Å²) in [5.74, 6) is 1.13. The Morgan fingerprint density at radius 1 is 1.00 bits per heavy atom. The lowest BCUT2D eigenvalue weighted by Crippen LogP contribution is -2.83. The molecule has 5 nitrogen and oxygen atoms in total. The van der Waals surface area contributed by atoms with Gasteiger partial charge in [-0.15, -0.1) is 0 Å². The van der Waals surface area contributed by atoms with Crippen molar-refractivity contribution >= 4 is 5.91 Å². The number of quaternary nitrogens is 1. The first-order valence-electron chi connectivity index (χ1n) is 9.92. The molecule has 2 aromatic carbocycles. The second kappa shape index (κ2) is 10.7. The van der Waals surface area contributed by atoms with E-state index in [1.54, 1.807) is 0 Å². The second-order valence-corrected chi connectivity index (χ2v) is 7.82. The Hall–Kier alpha value is -2.53. The van der Waals surface area contributed by atoms with Crippen LogP contribution in [-0.4, -0.2) is 31.2 Å². The Labute approximate surface area is 168 Å². The summed E-state index contributed by atoms with van der Waals surface area (Å²) in [7, 11) is 0. The number of amides is 1. The van der Waals surface area contributed by atoms with Gasteiger partial charge in [0.15, 0.2) is 18.1 Å². The molecular weight excluding hydrogens is 352 g/mol. The van der Waals surface area contributed by atoms with E-state index in [0.29, 0.717) is 18.1 Å². The lowest BCUT2D eigenvalue weighted by molar-refractivity contribution is -0.670. The molecular formula is C23H33N2O3+. The number of hydrogen-bond acceptors (Lipinski definition) is 3. The third-order valence-corrected chi connectivity index (χ3v) is 4.04. The number of carbonyl (C=O) groups is 1. The molecule has 0 bridgehead atoms. The molecule has 0 heterocycles. The zero-order chi connectivity index (χ0) is 20.4. The van der Waals surface area contributed by atoms with E-state index in [1.807, 2.05) is 52.0 Å². The van der Waals surface area contributed by atoms with E-state index in [1.165, 1.54) is 11.1 Å². The van der Waals surface area contributed by atoms with Crippen molar-refractivity contribution in [3.63, 3.8) is 0 Å². The number of ether oxygens (including phenoxy) is 2. The Morgan fingerprint density at radius 3 is 2.43 bits per heavy atom. The van der Waals surface area contributed by atoms with Crippen LogP contribution < -0.4 is 20.1 Å². The number of nitrogens with two attached hydrogens (primary N) is 1. The van der Waals surface area contributed by atoms with Crippen LogP contribution in [-0.2, 0) is 17.8 Å². The van der Waals surface area contributed by atoms with Crippen molar-refractivity contribution in [3.05, 3.63) is 59.7 Å². The summed E-state index contributed by atoms with van der Waals surface area (Å²) in [6.07, 6.45) is 1.04. The van der Waals surface area contributed by atoms with Crippen LogP contribution >= 0.6 is 0 Å². The molecule has 5 heteroatoms. The summed E-state index contributed by atoms with van der Waals surface area (Å²) in [6, 6.07) is 16.4. The largest absolute Gasteiger partial charge is 0.490 e. The predicted molar refractivity (Wildman–Crippen MR) is 112 cm³/mol. The number of hydrogen-bond donors (Lipinski definition) is 2. The van der Waals surface area contributed by atoms with Gasteiger partial charge in [0, 0.05) is 17.5 Å². The monoisotopic (exact) mass is 385 g/mol. The minimum absolute atomic E-state index is 0.0279. The van der Waals surface area contributed by atoms with Crippen molar-refractivity contribution in [3.8, 4) is 11.5 Å². The van der Waals surface area contributed by atoms with Gasteiger partial charge < -0.3 is 20.1 Å². The zero-order valence-electron chi connectivity index (χ0n) is 17.5. The summed E-state index contributed by atoms with van der Waals surface area (Å²) in [6.45, 7) is 10.2. The SMILES string of the molecule is CCOc1cc(C[NH2+]CCc2ccccc2)ccc1OCC(=O)NC(C)(C)C. The molecule has 2 rings (SSSR count). The molecule has 0 aromatic heterocycles. The highest BCUT2D eigenvalue weighted by Gasteiger charge is 2.15. The third kappa shape index (κ3) is 8.01. The summed E-state index contributed by atoms with van der Waals surface area (Å²) in [5.41, 5.74) is 2.25. The lowest BCUT2D eigenvalue weighted by Gasteiger charge is -2.21. The highest BCUT2D eigenvalue weighted by molar-refractivity contribution is 5.78. The van der Waals surface area contributed by atoms with Crippen LogP contribution in [0, 0.1) is 0 Å². The van der Waals surface area contributed by atoms with Gasteiger partial charge in [0.05, 0.1) is 13.2 Å². The topological polar surface area (TPSA) is 64.2 Å². The summed E-state index contributed by atoms with van der Waals surface area (Å²) >= 11 is 0. The average Bonchev–Trinajstić information content (AvgIpc) is 2.64. The van der Waals surface area contributed by atoms with Crippen molar-refractivity contribution in [2.75, 3.05) is 19.8 Å². The maximum atomic E-state index is 12.0. The van der Waals surface area contributed by atoms with E-state index in [2.05, 4.69) is 34.9 Å². The van der Waals surface area contributed by atoms with Crippen LogP contribution in [0.2, 0.25) is 0 Å². The third-order valence-electron chi connectivity index (χ3n) is 4.04. The molecule has 0 atom stereocenters. The molecule has 28 heavy (non-hydrogen) atoms. The summed E-state index contributed by atoms with van der Waals surface area (Å²) in [5, 5.41) is 5.18. The minimum Gasteiger partial charge on any atom is -0.490 e. The van der Waals surface area contributed by atoms with Crippen LogP contribution in [0.1, 0.15) is 38.8 Å². The predicted octanol–water partition coefficient (Wildman–Crippen LogP) is 2.68. The fourth-order valence-electron chi connectivity index (χ4n) is 2.85. The molecule has 0 saturated heterocycles. The molecule has 0 aliphatic rings. The van der Waals surface area contributed by atoms with Gasteiger partial charge in [0.25, 0.3) is 5.91 Å². The number of rotatable bonds is 10. The van der Waals surface area contributed by atoms with Gasteiger partial charge in [0.1, 0.15) is 6.54 Å². The Balaban J connectivity index is 1.87. The normalized spacial score (nSPS) is 11.1. The van der Waals surface area contributed by atoms with E-state index in [0.717, 1.165) is 19.5 Å². The fourth-order valence-corrected chi connectivity index (χ4v) is 2.85. The van der Waals surface area contributed by atoms with Crippen molar-refractivity contribution in [1.29, 1.82) is 0 Å². The van der Waals surface area contributed by atoms with Gasteiger partial charge in [-0.25, -0.2) is 0 Å². The number of nitrogens with one attached hydrogen (secondary N) is 1. The molecule has 0 unspecified atom stereocenters. The van der Waals surface area contributed by atoms with Gasteiger partial charge in [-0.2, -0.15) is 0 Å². The fraction of sp³-hybridized carbons (Fsp3) is 0.435. The second-order valence-electron chi connectivity index (χ2n) is 7.82. The quantitative estimate of drug-likeness (QED) is 0.618. The highest BCUT2D eigenvalue weighted by Crippen LogP contribution is 2.28. The van der Waals surface area contributed by atoms with E-state index >= 15 is 0 Å². The molecule has 2 aromatic rings. The molecule has 0 saturated carbocycles. The lowest BCUT2D eigenvalue weighted by atomic mass is 10.1. The summed E-state index contributed by atoms with van der Waals surface area (Å²) in [4.78, 5) is 12.0. The minimum atomic E-state index is -0.275. The van der Waals surface area contributed by atoms with Crippen LogP contribution in [0.5, 0.6) is 11.5 Å². The van der Waals surface area contributed by atoms with E-state index in [9.17, 15) is 4.79 Å². The number of carbonyl (C=O) groups excluding carboxylic acids is 1. The average molecular weight is 386 g/mol. The number of benzene rings is 2. The van der Waals surface area contributed by atoms with Gasteiger partial charge in [-0.3, -0.25) is 4.79 Å². The maximum absolute atomic E-state index is 12.0. The Kier molecular flexibility index (Phi) is 8.33. The van der Waals surface area contributed by atoms with Gasteiger partial charge >= 0.3 is 0 Å². The molecule has 0 radical (unpaired) electrons. The Morgan fingerprint density at radius 2 is 1.75 bits per heavy atom. The van der Waals surface area contributed by atoms with Crippen LogP contribution in [0.15, 0.2) is 48.5 Å². The standard InChI is InChI=1S/C23H32N2O3/c1-5-27-21-15-19(16-24-14-13-18-9-7-6-8-10-18)11-12-20(21)28-17-22(26)25-23(2,3)4/h6-12,15,24H,5,13-14,16-17H2,1-4H3,(H,25,26)/p+1. The van der Waals surface area contributed by atoms with E-state index < -0.39 is 0 Å². The van der Waals surface area contributed by atoms with Gasteiger partial charge in [-0.05, 0) is 51.5 Å². The molecule has 152 valence electrons. The first-order valence-corrected chi connectivity index (χ1v) is 9.92. The van der Waals surface area contributed by atoms with E-state index in [4.69, 9.17) is 9.47 Å². The molecule has 0 aliphatic heterocycles. The molecule has 0 spiro atoms. The first kappa shape index (κ1) is 21.8. The summed E-state index contributed by atoms with van der Waals surface area (Å²) < 4.78 is 11.4. The van der Waals surface area contributed by atoms with Crippen molar-refractivity contribution in [1.82, 2.24) is 5.32 Å². The molecule has 0 aliphatic carbocycles. The zero-order valence-corrected chi connectivity index (χ0v) is 17.5.